The second-order valence-corrected chi connectivity index (χ2v) is 4.42. The van der Waals surface area contributed by atoms with Crippen LogP contribution < -0.4 is 35.3 Å². The Morgan fingerprint density at radius 1 is 1.06 bits per heavy atom. The van der Waals surface area contributed by atoms with Gasteiger partial charge in [-0.25, -0.2) is 8.42 Å². The zero-order valence-electron chi connectivity index (χ0n) is 9.74. The molecule has 2 N–H and O–H groups in total. The number of rotatable bonds is 1. The Labute approximate surface area is 127 Å². The molecule has 0 aliphatic rings. The molecule has 0 unspecified atom stereocenters. The van der Waals surface area contributed by atoms with Gasteiger partial charge >= 0.3 is 29.6 Å². The van der Waals surface area contributed by atoms with Crippen molar-refractivity contribution in [3.63, 3.8) is 0 Å². The number of benzene rings is 2. The maximum Gasteiger partial charge on any atom is 1.00 e. The first-order valence-electron chi connectivity index (χ1n) is 4.59. The normalized spacial score (nSPS) is 9.83. The van der Waals surface area contributed by atoms with Gasteiger partial charge in [-0.3, -0.25) is 4.79 Å². The Morgan fingerprint density at radius 2 is 1.56 bits per heavy atom. The van der Waals surface area contributed by atoms with E-state index in [9.17, 15) is 13.0 Å². The average Bonchev–Trinajstić information content (AvgIpc) is 2.28. The number of hydrogen-bond donors (Lipinski definition) is 1. The van der Waals surface area contributed by atoms with E-state index in [1.54, 1.807) is 36.4 Å². The van der Waals surface area contributed by atoms with Gasteiger partial charge in [0.05, 0.1) is 4.90 Å². The van der Waals surface area contributed by atoms with Crippen LogP contribution in [0.25, 0.3) is 10.8 Å². The van der Waals surface area contributed by atoms with Gasteiger partial charge in [0.25, 0.3) is 0 Å². The number of fused-ring (bicyclic) bond motifs is 1. The largest absolute Gasteiger partial charge is 1.00 e. The summed E-state index contributed by atoms with van der Waals surface area (Å²) in [6.07, 6.45) is 0.250. The minimum absolute atomic E-state index is 0. The van der Waals surface area contributed by atoms with Crippen LogP contribution in [0.1, 0.15) is 0 Å². The summed E-state index contributed by atoms with van der Waals surface area (Å²) in [6, 6.07) is 11.5. The van der Waals surface area contributed by atoms with E-state index >= 15 is 0 Å². The minimum atomic E-state index is -4.38. The molecule has 0 aliphatic heterocycles. The molecule has 0 fully saturated rings. The van der Waals surface area contributed by atoms with Crippen molar-refractivity contribution in [1.82, 2.24) is 0 Å². The third-order valence-electron chi connectivity index (χ3n) is 2.02. The second kappa shape index (κ2) is 7.50. The molecular formula is C11H10NNaO4S. The van der Waals surface area contributed by atoms with E-state index in [0.717, 1.165) is 5.39 Å². The molecule has 0 atom stereocenters. The van der Waals surface area contributed by atoms with Crippen LogP contribution in [-0.2, 0) is 14.9 Å². The monoisotopic (exact) mass is 275 g/mol. The van der Waals surface area contributed by atoms with Crippen LogP contribution in [0, 0.1) is 0 Å². The quantitative estimate of drug-likeness (QED) is 0.364. The maximum atomic E-state index is 10.9. The molecule has 2 aromatic rings. The van der Waals surface area contributed by atoms with Crippen molar-refractivity contribution >= 4 is 27.3 Å². The van der Waals surface area contributed by atoms with Crippen molar-refractivity contribution in [2.24, 2.45) is 5.73 Å². The van der Waals surface area contributed by atoms with E-state index < -0.39 is 10.1 Å². The molecule has 5 nitrogen and oxygen atoms in total. The Kier molecular flexibility index (Phi) is 7.12. The Balaban J connectivity index is 0.000000660. The van der Waals surface area contributed by atoms with Gasteiger partial charge in [-0.2, -0.15) is 0 Å². The number of carbonyl (C=O) groups excluding carboxylic acids is 1. The molecule has 1 amide bonds. The molecule has 0 radical (unpaired) electrons. The molecule has 18 heavy (non-hydrogen) atoms. The number of amides is 1. The van der Waals surface area contributed by atoms with Gasteiger partial charge in [-0.05, 0) is 16.8 Å². The molecule has 0 aromatic heterocycles. The minimum Gasteiger partial charge on any atom is -0.744 e. The van der Waals surface area contributed by atoms with Gasteiger partial charge < -0.3 is 10.3 Å². The first kappa shape index (κ1) is 17.1. The van der Waals surface area contributed by atoms with Crippen molar-refractivity contribution in [2.75, 3.05) is 0 Å². The van der Waals surface area contributed by atoms with Crippen molar-refractivity contribution in [3.05, 3.63) is 42.5 Å². The summed E-state index contributed by atoms with van der Waals surface area (Å²) in [5.74, 6) is 0. The summed E-state index contributed by atoms with van der Waals surface area (Å²) >= 11 is 0. The Hall–Kier alpha value is -0.920. The fourth-order valence-electron chi connectivity index (χ4n) is 1.41. The van der Waals surface area contributed by atoms with Gasteiger partial charge in [-0.1, -0.05) is 36.4 Å². The number of hydrogen-bond acceptors (Lipinski definition) is 4. The maximum absolute atomic E-state index is 10.9. The van der Waals surface area contributed by atoms with Crippen LogP contribution in [0.2, 0.25) is 0 Å². The zero-order valence-corrected chi connectivity index (χ0v) is 12.6. The molecule has 2 aromatic carbocycles. The Morgan fingerprint density at radius 3 is 2.11 bits per heavy atom. The molecule has 2 rings (SSSR count). The fraction of sp³-hybridized carbons (Fsp3) is 0. The first-order valence-corrected chi connectivity index (χ1v) is 6.00. The zero-order chi connectivity index (χ0) is 12.9. The van der Waals surface area contributed by atoms with Crippen LogP contribution in [-0.4, -0.2) is 19.4 Å². The van der Waals surface area contributed by atoms with E-state index in [1.807, 2.05) is 0 Å². The predicted molar refractivity (Wildman–Crippen MR) is 62.2 cm³/mol. The van der Waals surface area contributed by atoms with Crippen LogP contribution in [0.4, 0.5) is 0 Å². The van der Waals surface area contributed by atoms with Gasteiger partial charge in [0, 0.05) is 0 Å². The van der Waals surface area contributed by atoms with Crippen molar-refractivity contribution in [1.29, 1.82) is 0 Å². The van der Waals surface area contributed by atoms with Gasteiger partial charge in [0.15, 0.2) is 0 Å². The smallest absolute Gasteiger partial charge is 0.744 e. The summed E-state index contributed by atoms with van der Waals surface area (Å²) in [4.78, 5) is 8.43. The van der Waals surface area contributed by atoms with Gasteiger partial charge in [0.1, 0.15) is 10.1 Å². The molecule has 0 aliphatic carbocycles. The van der Waals surface area contributed by atoms with Crippen molar-refractivity contribution in [2.45, 2.75) is 4.90 Å². The number of nitrogens with two attached hydrogens (primary N) is 1. The van der Waals surface area contributed by atoms with Gasteiger partial charge in [-0.15, -0.1) is 0 Å². The molecule has 90 valence electrons. The Bertz CT molecular complexity index is 622. The van der Waals surface area contributed by atoms with Crippen molar-refractivity contribution in [3.8, 4) is 0 Å². The number of primary amides is 1. The van der Waals surface area contributed by atoms with E-state index in [1.165, 1.54) is 6.07 Å². The number of carbonyl (C=O) groups is 1. The summed E-state index contributed by atoms with van der Waals surface area (Å²) in [6.45, 7) is 0. The molecule has 0 spiro atoms. The second-order valence-electron chi connectivity index (χ2n) is 3.07. The molecule has 0 heterocycles. The topological polar surface area (TPSA) is 100 Å². The molecule has 0 saturated carbocycles. The van der Waals surface area contributed by atoms with Crippen LogP contribution >= 0.6 is 0 Å². The van der Waals surface area contributed by atoms with Crippen LogP contribution in [0.5, 0.6) is 0 Å². The SMILES string of the molecule is NC=O.O=S(=O)([O-])c1cccc2ccccc12.[Na+]. The van der Waals surface area contributed by atoms with Crippen LogP contribution in [0.3, 0.4) is 0 Å². The molecule has 7 heteroatoms. The van der Waals surface area contributed by atoms with Gasteiger partial charge in [0.2, 0.25) is 6.41 Å². The van der Waals surface area contributed by atoms with Crippen molar-refractivity contribution < 1.29 is 47.3 Å². The average molecular weight is 275 g/mol. The van der Waals surface area contributed by atoms with Crippen LogP contribution in [0.15, 0.2) is 47.4 Å². The third kappa shape index (κ3) is 4.40. The third-order valence-corrected chi connectivity index (χ3v) is 2.91. The van der Waals surface area contributed by atoms with E-state index in [0.29, 0.717) is 5.39 Å². The summed E-state index contributed by atoms with van der Waals surface area (Å²) in [5.41, 5.74) is 4.17. The summed E-state index contributed by atoms with van der Waals surface area (Å²) in [5, 5.41) is 1.23. The standard InChI is InChI=1S/C10H8O3S.CH3NO.Na/c11-14(12,13)10-7-3-5-8-4-1-2-6-9(8)10;2-1-3;/h1-7H,(H,11,12,13);1H,(H2,2,3);/q;;+1/p-1. The fourth-order valence-corrected chi connectivity index (χ4v) is 2.11. The molecule has 0 bridgehead atoms. The van der Waals surface area contributed by atoms with E-state index in [-0.39, 0.29) is 40.9 Å². The first-order chi connectivity index (χ1) is 8.00. The molecule has 0 saturated heterocycles. The molecular weight excluding hydrogens is 265 g/mol. The summed E-state index contributed by atoms with van der Waals surface area (Å²) < 4.78 is 32.7. The van der Waals surface area contributed by atoms with E-state index in [2.05, 4.69) is 5.73 Å². The summed E-state index contributed by atoms with van der Waals surface area (Å²) in [7, 11) is -4.38. The predicted octanol–water partition coefficient (Wildman–Crippen LogP) is -2.15. The van der Waals surface area contributed by atoms with E-state index in [4.69, 9.17) is 4.79 Å².